The Kier molecular flexibility index (Phi) is 3.30. The average Bonchev–Trinajstić information content (AvgIpc) is 3.52. The minimum Gasteiger partial charge on any atom is -0.336 e. The van der Waals surface area contributed by atoms with Gasteiger partial charge in [0.05, 0.1) is 11.1 Å². The van der Waals surface area contributed by atoms with Gasteiger partial charge in [0.25, 0.3) is 5.91 Å². The molecule has 5 heteroatoms. The molecule has 3 fully saturated rings. The van der Waals surface area contributed by atoms with E-state index in [1.165, 1.54) is 0 Å². The van der Waals surface area contributed by atoms with E-state index in [0.717, 1.165) is 42.3 Å². The molecule has 25 heavy (non-hydrogen) atoms. The second-order valence-electron chi connectivity index (χ2n) is 7.43. The van der Waals surface area contributed by atoms with Crippen LogP contribution in [0.4, 0.5) is 0 Å². The molecule has 2 amide bonds. The molecular formula is C20H21N3O2. The second kappa shape index (κ2) is 5.55. The van der Waals surface area contributed by atoms with Crippen LogP contribution >= 0.6 is 0 Å². The number of hydrogen-bond donors (Lipinski definition) is 0. The number of hydrogen-bond acceptors (Lipinski definition) is 3. The van der Waals surface area contributed by atoms with Gasteiger partial charge in [0.15, 0.2) is 0 Å². The van der Waals surface area contributed by atoms with Crippen molar-refractivity contribution < 1.29 is 9.59 Å². The van der Waals surface area contributed by atoms with Gasteiger partial charge in [-0.15, -0.1) is 0 Å². The highest BCUT2D eigenvalue weighted by Gasteiger charge is 2.37. The van der Waals surface area contributed by atoms with Crippen molar-refractivity contribution in [3.63, 3.8) is 0 Å². The Morgan fingerprint density at radius 2 is 1.88 bits per heavy atom. The van der Waals surface area contributed by atoms with Crippen molar-refractivity contribution in [1.29, 1.82) is 0 Å². The summed E-state index contributed by atoms with van der Waals surface area (Å²) in [6.45, 7) is 1.48. The lowest BCUT2D eigenvalue weighted by Gasteiger charge is -2.34. The lowest BCUT2D eigenvalue weighted by molar-refractivity contribution is -0.135. The molecule has 0 radical (unpaired) electrons. The van der Waals surface area contributed by atoms with Crippen LogP contribution in [0.2, 0.25) is 0 Å². The molecule has 1 aromatic heterocycles. The van der Waals surface area contributed by atoms with Crippen molar-refractivity contribution in [2.45, 2.75) is 37.6 Å². The van der Waals surface area contributed by atoms with Crippen LogP contribution in [-0.2, 0) is 4.79 Å². The SMILES string of the molecule is O=C(c1cc(C2CC2)nc2ccccc12)N1CCN(C2CC2)C(=O)C1. The van der Waals surface area contributed by atoms with Gasteiger partial charge in [-0.25, -0.2) is 0 Å². The summed E-state index contributed by atoms with van der Waals surface area (Å²) in [7, 11) is 0. The molecule has 5 nitrogen and oxygen atoms in total. The average molecular weight is 335 g/mol. The number of amides is 2. The van der Waals surface area contributed by atoms with E-state index in [4.69, 9.17) is 4.98 Å². The van der Waals surface area contributed by atoms with Gasteiger partial charge in [0.2, 0.25) is 5.91 Å². The Bertz CT molecular complexity index is 870. The van der Waals surface area contributed by atoms with E-state index in [2.05, 4.69) is 0 Å². The number of benzene rings is 1. The number of para-hydroxylation sites is 1. The maximum absolute atomic E-state index is 13.2. The van der Waals surface area contributed by atoms with Crippen LogP contribution in [-0.4, -0.2) is 52.3 Å². The predicted molar refractivity (Wildman–Crippen MR) is 94.4 cm³/mol. The zero-order valence-corrected chi connectivity index (χ0v) is 14.1. The summed E-state index contributed by atoms with van der Waals surface area (Å²) in [5.41, 5.74) is 2.59. The van der Waals surface area contributed by atoms with Gasteiger partial charge in [-0.05, 0) is 37.8 Å². The topological polar surface area (TPSA) is 53.5 Å². The fourth-order valence-electron chi connectivity index (χ4n) is 3.76. The van der Waals surface area contributed by atoms with Crippen LogP contribution in [0.1, 0.15) is 47.7 Å². The zero-order chi connectivity index (χ0) is 17.0. The fraction of sp³-hybridized carbons (Fsp3) is 0.450. The third kappa shape index (κ3) is 2.68. The second-order valence-corrected chi connectivity index (χ2v) is 7.43. The molecule has 2 aromatic rings. The standard InChI is InChI=1S/C20H21N3O2/c24-19-12-22(9-10-23(19)14-7-8-14)20(25)16-11-18(13-5-6-13)21-17-4-2-1-3-15(16)17/h1-4,11,13-14H,5-10,12H2. The predicted octanol–water partition coefficient (Wildman–Crippen LogP) is 2.56. The quantitative estimate of drug-likeness (QED) is 0.866. The maximum Gasteiger partial charge on any atom is 0.255 e. The van der Waals surface area contributed by atoms with Crippen molar-refractivity contribution in [2.75, 3.05) is 19.6 Å². The summed E-state index contributed by atoms with van der Waals surface area (Å²) < 4.78 is 0. The first-order chi connectivity index (χ1) is 12.2. The Balaban J connectivity index is 1.47. The Morgan fingerprint density at radius 3 is 2.60 bits per heavy atom. The van der Waals surface area contributed by atoms with E-state index in [-0.39, 0.29) is 18.4 Å². The van der Waals surface area contributed by atoms with Gasteiger partial charge in [-0.2, -0.15) is 0 Å². The first-order valence-electron chi connectivity index (χ1n) is 9.19. The lowest BCUT2D eigenvalue weighted by Crippen LogP contribution is -2.52. The van der Waals surface area contributed by atoms with E-state index in [9.17, 15) is 9.59 Å². The number of fused-ring (bicyclic) bond motifs is 1. The summed E-state index contributed by atoms with van der Waals surface area (Å²) in [6.07, 6.45) is 4.52. The number of aromatic nitrogens is 1. The Morgan fingerprint density at radius 1 is 1.08 bits per heavy atom. The van der Waals surface area contributed by atoms with Gasteiger partial charge in [-0.3, -0.25) is 14.6 Å². The Labute approximate surface area is 146 Å². The van der Waals surface area contributed by atoms with Crippen LogP contribution in [0.3, 0.4) is 0 Å². The fourth-order valence-corrected chi connectivity index (χ4v) is 3.76. The lowest BCUT2D eigenvalue weighted by atomic mass is 10.0. The van der Waals surface area contributed by atoms with E-state index >= 15 is 0 Å². The normalized spacial score (nSPS) is 21.0. The molecule has 0 N–H and O–H groups in total. The van der Waals surface area contributed by atoms with Crippen LogP contribution in [0.5, 0.6) is 0 Å². The van der Waals surface area contributed by atoms with Crippen LogP contribution < -0.4 is 0 Å². The number of carbonyl (C=O) groups excluding carboxylic acids is 2. The number of piperazine rings is 1. The minimum atomic E-state index is -0.0377. The van der Waals surface area contributed by atoms with Gasteiger partial charge in [-0.1, -0.05) is 18.2 Å². The number of carbonyl (C=O) groups is 2. The molecule has 0 spiro atoms. The van der Waals surface area contributed by atoms with Crippen LogP contribution in [0.15, 0.2) is 30.3 Å². The molecule has 5 rings (SSSR count). The molecule has 0 atom stereocenters. The summed E-state index contributed by atoms with van der Waals surface area (Å²) in [4.78, 5) is 34.0. The molecular weight excluding hydrogens is 314 g/mol. The molecule has 3 aliphatic rings. The van der Waals surface area contributed by atoms with E-state index in [0.29, 0.717) is 30.6 Å². The van der Waals surface area contributed by atoms with E-state index < -0.39 is 0 Å². The summed E-state index contributed by atoms with van der Waals surface area (Å²) in [5.74, 6) is 0.539. The molecule has 2 aliphatic carbocycles. The highest BCUT2D eigenvalue weighted by Crippen LogP contribution is 2.40. The third-order valence-electron chi connectivity index (χ3n) is 5.49. The number of rotatable bonds is 3. The first kappa shape index (κ1) is 14.9. The first-order valence-corrected chi connectivity index (χ1v) is 9.19. The van der Waals surface area contributed by atoms with Crippen LogP contribution in [0, 0.1) is 0 Å². The highest BCUT2D eigenvalue weighted by molar-refractivity contribution is 6.07. The van der Waals surface area contributed by atoms with Crippen molar-refractivity contribution in [3.05, 3.63) is 41.6 Å². The van der Waals surface area contributed by atoms with Gasteiger partial charge in [0, 0.05) is 36.1 Å². The van der Waals surface area contributed by atoms with E-state index in [1.807, 2.05) is 35.2 Å². The van der Waals surface area contributed by atoms with Crippen molar-refractivity contribution in [3.8, 4) is 0 Å². The zero-order valence-electron chi connectivity index (χ0n) is 14.1. The van der Waals surface area contributed by atoms with Crippen molar-refractivity contribution in [1.82, 2.24) is 14.8 Å². The molecule has 128 valence electrons. The smallest absolute Gasteiger partial charge is 0.255 e. The minimum absolute atomic E-state index is 0.0377. The summed E-state index contributed by atoms with van der Waals surface area (Å²) in [5, 5.41) is 0.883. The van der Waals surface area contributed by atoms with E-state index in [1.54, 1.807) is 4.90 Å². The van der Waals surface area contributed by atoms with Crippen LogP contribution in [0.25, 0.3) is 10.9 Å². The van der Waals surface area contributed by atoms with Gasteiger partial charge >= 0.3 is 0 Å². The van der Waals surface area contributed by atoms with Crippen molar-refractivity contribution >= 4 is 22.7 Å². The molecule has 1 aliphatic heterocycles. The number of nitrogens with zero attached hydrogens (tertiary/aromatic N) is 3. The van der Waals surface area contributed by atoms with Crippen molar-refractivity contribution in [2.24, 2.45) is 0 Å². The summed E-state index contributed by atoms with van der Waals surface area (Å²) >= 11 is 0. The molecule has 2 saturated carbocycles. The largest absolute Gasteiger partial charge is 0.336 e. The molecule has 0 bridgehead atoms. The summed E-state index contributed by atoms with van der Waals surface area (Å²) in [6, 6.07) is 10.2. The monoisotopic (exact) mass is 335 g/mol. The maximum atomic E-state index is 13.2. The highest BCUT2D eigenvalue weighted by atomic mass is 16.2. The third-order valence-corrected chi connectivity index (χ3v) is 5.49. The van der Waals surface area contributed by atoms with Gasteiger partial charge in [0.1, 0.15) is 6.54 Å². The molecule has 1 saturated heterocycles. The molecule has 1 aromatic carbocycles. The molecule has 2 heterocycles. The number of pyridine rings is 1. The Hall–Kier alpha value is -2.43. The van der Waals surface area contributed by atoms with Gasteiger partial charge < -0.3 is 9.80 Å². The molecule has 0 unspecified atom stereocenters.